The number of hydrogen-bond acceptors (Lipinski definition) is 4. The van der Waals surface area contributed by atoms with Crippen LogP contribution in [0, 0.1) is 13.8 Å². The molecule has 0 saturated heterocycles. The second-order valence-corrected chi connectivity index (χ2v) is 7.56. The number of carbonyl (C=O) groups excluding carboxylic acids is 1. The molecule has 3 rings (SSSR count). The molecule has 0 aliphatic carbocycles. The van der Waals surface area contributed by atoms with Crippen molar-refractivity contribution >= 4 is 5.91 Å². The topological polar surface area (TPSA) is 69.8 Å². The number of methoxy groups -OCH3 is 1. The molecule has 7 heteroatoms. The molecule has 1 aromatic heterocycles. The Morgan fingerprint density at radius 3 is 2.45 bits per heavy atom. The van der Waals surface area contributed by atoms with Crippen molar-refractivity contribution in [3.05, 3.63) is 71.5 Å². The number of nitrogens with one attached hydrogen (secondary N) is 2. The quantitative estimate of drug-likeness (QED) is 0.487. The third-order valence-corrected chi connectivity index (χ3v) is 5.13. The molecule has 0 spiro atoms. The number of aromatic nitrogens is 2. The molecule has 0 aliphatic heterocycles. The highest BCUT2D eigenvalue weighted by atomic mass is 16.5. The van der Waals surface area contributed by atoms with Crippen LogP contribution in [0.25, 0.3) is 5.69 Å². The van der Waals surface area contributed by atoms with Crippen molar-refractivity contribution < 1.29 is 19.2 Å². The molecule has 1 heterocycles. The number of ether oxygens (including phenoxy) is 2. The summed E-state index contributed by atoms with van der Waals surface area (Å²) in [5, 5.41) is 7.61. The van der Waals surface area contributed by atoms with Crippen molar-refractivity contribution in [2.75, 3.05) is 33.9 Å². The molecular weight excluding hydrogens is 392 g/mol. The number of aryl methyl sites for hydroxylation is 1. The Morgan fingerprint density at radius 1 is 1.06 bits per heavy atom. The van der Waals surface area contributed by atoms with Crippen molar-refractivity contribution in [3.63, 3.8) is 0 Å². The summed E-state index contributed by atoms with van der Waals surface area (Å²) in [6, 6.07) is 17.6. The largest absolute Gasteiger partial charge is 0.493 e. The molecule has 0 aliphatic rings. The lowest BCUT2D eigenvalue weighted by Gasteiger charge is -2.15. The minimum absolute atomic E-state index is 0.00751. The van der Waals surface area contributed by atoms with E-state index in [1.54, 1.807) is 7.11 Å². The lowest BCUT2D eigenvalue weighted by Crippen LogP contribution is -3.09. The van der Waals surface area contributed by atoms with E-state index in [-0.39, 0.29) is 5.91 Å². The van der Waals surface area contributed by atoms with Crippen LogP contribution in [0.3, 0.4) is 0 Å². The molecule has 164 valence electrons. The molecule has 0 radical (unpaired) electrons. The maximum atomic E-state index is 12.3. The Hall–Kier alpha value is -3.32. The summed E-state index contributed by atoms with van der Waals surface area (Å²) in [5.74, 6) is 1.34. The number of hydrogen-bond donors (Lipinski definition) is 2. The highest BCUT2D eigenvalue weighted by molar-refractivity contribution is 5.76. The summed E-state index contributed by atoms with van der Waals surface area (Å²) in [6.45, 7) is 6.02. The molecule has 0 saturated carbocycles. The minimum Gasteiger partial charge on any atom is -0.493 e. The first kappa shape index (κ1) is 22.4. The van der Waals surface area contributed by atoms with Gasteiger partial charge in [0.15, 0.2) is 18.0 Å². The van der Waals surface area contributed by atoms with Crippen LogP contribution in [-0.4, -0.2) is 49.5 Å². The average Bonchev–Trinajstić information content (AvgIpc) is 3.05. The fraction of sp³-hybridized carbons (Fsp3) is 0.333. The number of likely N-dealkylation sites (N-methyl/N-ethyl adjacent to an activating group) is 1. The van der Waals surface area contributed by atoms with Crippen LogP contribution in [-0.2, 0) is 11.3 Å². The van der Waals surface area contributed by atoms with Gasteiger partial charge in [0.1, 0.15) is 13.2 Å². The Morgan fingerprint density at radius 2 is 1.74 bits per heavy atom. The molecule has 31 heavy (non-hydrogen) atoms. The van der Waals surface area contributed by atoms with E-state index in [0.29, 0.717) is 31.2 Å². The number of rotatable bonds is 10. The van der Waals surface area contributed by atoms with Crippen LogP contribution in [0.4, 0.5) is 0 Å². The van der Waals surface area contributed by atoms with Crippen molar-refractivity contribution in [2.45, 2.75) is 20.4 Å². The molecule has 0 fully saturated rings. The van der Waals surface area contributed by atoms with Gasteiger partial charge in [-0.2, -0.15) is 5.10 Å². The zero-order valence-corrected chi connectivity index (χ0v) is 18.6. The van der Waals surface area contributed by atoms with E-state index in [2.05, 4.69) is 12.2 Å². The van der Waals surface area contributed by atoms with Crippen molar-refractivity contribution in [1.29, 1.82) is 0 Å². The summed E-state index contributed by atoms with van der Waals surface area (Å²) in [5.41, 5.74) is 4.31. The minimum atomic E-state index is -0.00751. The van der Waals surface area contributed by atoms with Crippen molar-refractivity contribution in [2.24, 2.45) is 0 Å². The second-order valence-electron chi connectivity index (χ2n) is 7.56. The maximum Gasteiger partial charge on any atom is 0.275 e. The fourth-order valence-corrected chi connectivity index (χ4v) is 3.54. The van der Waals surface area contributed by atoms with Gasteiger partial charge in [-0.1, -0.05) is 30.3 Å². The smallest absolute Gasteiger partial charge is 0.275 e. The Bertz CT molecular complexity index is 1000. The molecule has 7 nitrogen and oxygen atoms in total. The Balaban J connectivity index is 1.48. The lowest BCUT2D eigenvalue weighted by molar-refractivity contribution is -0.885. The van der Waals surface area contributed by atoms with E-state index in [9.17, 15) is 4.79 Å². The highest BCUT2D eigenvalue weighted by Crippen LogP contribution is 2.25. The summed E-state index contributed by atoms with van der Waals surface area (Å²) in [4.78, 5) is 13.4. The van der Waals surface area contributed by atoms with E-state index >= 15 is 0 Å². The SMILES string of the molecule is COc1ccccc1OCCNC(=O)C[NH+](C)Cc1c(C)nn(-c2ccccc2)c1C. The Labute approximate surface area is 183 Å². The van der Waals surface area contributed by atoms with E-state index in [0.717, 1.165) is 28.5 Å². The van der Waals surface area contributed by atoms with Crippen LogP contribution in [0.5, 0.6) is 11.5 Å². The second kappa shape index (κ2) is 10.6. The van der Waals surface area contributed by atoms with Gasteiger partial charge >= 0.3 is 0 Å². The summed E-state index contributed by atoms with van der Waals surface area (Å²) in [6.07, 6.45) is 0. The zero-order valence-electron chi connectivity index (χ0n) is 18.6. The zero-order chi connectivity index (χ0) is 22.2. The van der Waals surface area contributed by atoms with E-state index in [4.69, 9.17) is 14.6 Å². The molecule has 1 amide bonds. The molecule has 3 aromatic rings. The predicted octanol–water partition coefficient (Wildman–Crippen LogP) is 1.71. The molecule has 1 unspecified atom stereocenters. The molecule has 1 atom stereocenters. The lowest BCUT2D eigenvalue weighted by atomic mass is 10.2. The number of quaternary nitrogens is 1. The van der Waals surface area contributed by atoms with Gasteiger partial charge in [-0.15, -0.1) is 0 Å². The molecule has 0 bridgehead atoms. The van der Waals surface area contributed by atoms with Gasteiger partial charge < -0.3 is 19.7 Å². The van der Waals surface area contributed by atoms with Crippen LogP contribution in [0.1, 0.15) is 17.0 Å². The highest BCUT2D eigenvalue weighted by Gasteiger charge is 2.18. The number of carbonyl (C=O) groups is 1. The monoisotopic (exact) mass is 423 g/mol. The average molecular weight is 424 g/mol. The fourth-order valence-electron chi connectivity index (χ4n) is 3.54. The molecule has 2 N–H and O–H groups in total. The summed E-state index contributed by atoms with van der Waals surface area (Å²) < 4.78 is 12.9. The van der Waals surface area contributed by atoms with Gasteiger partial charge in [-0.3, -0.25) is 4.79 Å². The van der Waals surface area contributed by atoms with Crippen molar-refractivity contribution in [1.82, 2.24) is 15.1 Å². The molecule has 2 aromatic carbocycles. The van der Waals surface area contributed by atoms with Crippen LogP contribution < -0.4 is 19.7 Å². The van der Waals surface area contributed by atoms with E-state index in [1.165, 1.54) is 5.56 Å². The standard InChI is InChI=1S/C24H30N4O3/c1-18-21(19(2)28(26-18)20-10-6-5-7-11-20)16-27(3)17-24(29)25-14-15-31-23-13-9-8-12-22(23)30-4/h5-13H,14-17H2,1-4H3,(H,25,29)/p+1. The van der Waals surface area contributed by atoms with Gasteiger partial charge in [0, 0.05) is 0 Å². The van der Waals surface area contributed by atoms with Gasteiger partial charge in [0.2, 0.25) is 0 Å². The van der Waals surface area contributed by atoms with Gasteiger partial charge in [-0.25, -0.2) is 4.68 Å². The first-order valence-corrected chi connectivity index (χ1v) is 10.4. The predicted molar refractivity (Wildman–Crippen MR) is 120 cm³/mol. The number of para-hydroxylation sites is 3. The Kier molecular flexibility index (Phi) is 7.67. The van der Waals surface area contributed by atoms with Gasteiger partial charge in [-0.05, 0) is 38.1 Å². The van der Waals surface area contributed by atoms with Crippen LogP contribution in [0.2, 0.25) is 0 Å². The van der Waals surface area contributed by atoms with Crippen molar-refractivity contribution in [3.8, 4) is 17.2 Å². The number of nitrogens with zero attached hydrogens (tertiary/aromatic N) is 2. The first-order chi connectivity index (χ1) is 15.0. The first-order valence-electron chi connectivity index (χ1n) is 10.4. The van der Waals surface area contributed by atoms with E-state index < -0.39 is 0 Å². The summed E-state index contributed by atoms with van der Waals surface area (Å²) in [7, 11) is 3.62. The molecular formula is C24H31N4O3+. The third kappa shape index (κ3) is 5.86. The normalized spacial score (nSPS) is 11.7. The summed E-state index contributed by atoms with van der Waals surface area (Å²) >= 11 is 0. The number of benzene rings is 2. The van der Waals surface area contributed by atoms with Gasteiger partial charge in [0.05, 0.1) is 43.3 Å². The van der Waals surface area contributed by atoms with E-state index in [1.807, 2.05) is 73.3 Å². The van der Waals surface area contributed by atoms with Crippen LogP contribution in [0.15, 0.2) is 54.6 Å². The third-order valence-electron chi connectivity index (χ3n) is 5.13. The maximum absolute atomic E-state index is 12.3. The number of amides is 1. The van der Waals surface area contributed by atoms with Crippen LogP contribution >= 0.6 is 0 Å². The van der Waals surface area contributed by atoms with Gasteiger partial charge in [0.25, 0.3) is 5.91 Å².